The third-order valence-electron chi connectivity index (χ3n) is 1.88. The zero-order chi connectivity index (χ0) is 8.57. The normalized spacial score (nSPS) is 12.3. The second-order valence-corrected chi connectivity index (χ2v) is 3.01. The van der Waals surface area contributed by atoms with Crippen LogP contribution in [0.15, 0.2) is 0 Å². The van der Waals surface area contributed by atoms with Crippen LogP contribution in [0.4, 0.5) is 0 Å². The molecule has 66 valence electrons. The van der Waals surface area contributed by atoms with Crippen molar-refractivity contribution < 1.29 is 1.43 Å². The highest BCUT2D eigenvalue weighted by Gasteiger charge is 2.03. The van der Waals surface area contributed by atoms with Gasteiger partial charge in [0.2, 0.25) is 0 Å². The molecule has 0 aromatic heterocycles. The molecule has 0 heteroatoms. The highest BCUT2D eigenvalue weighted by Crippen LogP contribution is 2.14. The smallest absolute Gasteiger partial charge is 0 e. The minimum absolute atomic E-state index is 0. The molecule has 0 amide bonds. The molecule has 0 aliphatic carbocycles. The van der Waals surface area contributed by atoms with Gasteiger partial charge in [0.15, 0.2) is 0 Å². The van der Waals surface area contributed by atoms with E-state index in [4.69, 9.17) is 0 Å². The van der Waals surface area contributed by atoms with Crippen LogP contribution in [0.1, 0.15) is 55.8 Å². The summed E-state index contributed by atoms with van der Waals surface area (Å²) in [6, 6.07) is 0. The largest absolute Gasteiger partial charge is 0.0683 e. The van der Waals surface area contributed by atoms with Crippen molar-refractivity contribution in [2.24, 2.45) is 11.8 Å². The topological polar surface area (TPSA) is 0 Å². The molecule has 0 aliphatic heterocycles. The fourth-order valence-electron chi connectivity index (χ4n) is 0.789. The van der Waals surface area contributed by atoms with E-state index in [0.717, 1.165) is 11.8 Å². The Balaban J connectivity index is -0.000000196. The molecule has 0 fully saturated rings. The molecule has 0 bridgehead atoms. The van der Waals surface area contributed by atoms with Gasteiger partial charge in [0.05, 0.1) is 0 Å². The maximum absolute atomic E-state index is 2.33. The van der Waals surface area contributed by atoms with E-state index in [9.17, 15) is 0 Å². The van der Waals surface area contributed by atoms with Crippen LogP contribution in [-0.4, -0.2) is 0 Å². The van der Waals surface area contributed by atoms with Crippen LogP contribution >= 0.6 is 0 Å². The van der Waals surface area contributed by atoms with Gasteiger partial charge in [-0.1, -0.05) is 54.4 Å². The first-order chi connectivity index (χ1) is 4.68. The Hall–Kier alpha value is 0. The zero-order valence-corrected chi connectivity index (χ0v) is 8.57. The van der Waals surface area contributed by atoms with Gasteiger partial charge in [-0.15, -0.1) is 0 Å². The van der Waals surface area contributed by atoms with E-state index < -0.39 is 0 Å². The van der Waals surface area contributed by atoms with Gasteiger partial charge < -0.3 is 0 Å². The molecular weight excluding hydrogens is 120 g/mol. The van der Waals surface area contributed by atoms with E-state index in [-0.39, 0.29) is 1.43 Å². The van der Waals surface area contributed by atoms with Gasteiger partial charge in [0.25, 0.3) is 0 Å². The molecule has 1 atom stereocenters. The van der Waals surface area contributed by atoms with Crippen LogP contribution in [0.25, 0.3) is 0 Å². The lowest BCUT2D eigenvalue weighted by atomic mass is 9.94. The third-order valence-corrected chi connectivity index (χ3v) is 1.88. The summed E-state index contributed by atoms with van der Waals surface area (Å²) >= 11 is 0. The lowest BCUT2D eigenvalue weighted by Crippen LogP contribution is -2.02. The van der Waals surface area contributed by atoms with Crippen molar-refractivity contribution in [2.75, 3.05) is 0 Å². The zero-order valence-electron chi connectivity index (χ0n) is 8.57. The van der Waals surface area contributed by atoms with Crippen LogP contribution in [0.5, 0.6) is 0 Å². The standard InChI is InChI=1S/C8H18.C2H6.H2/c1-5-6-8(4)7(2)3;1-2;/h7-8H,5-6H2,1-4H3;1-2H3;1H/i;;1+1. The van der Waals surface area contributed by atoms with Crippen LogP contribution in [0.2, 0.25) is 0 Å². The van der Waals surface area contributed by atoms with Crippen molar-refractivity contribution in [3.63, 3.8) is 0 Å². The van der Waals surface area contributed by atoms with Crippen molar-refractivity contribution in [3.05, 3.63) is 0 Å². The summed E-state index contributed by atoms with van der Waals surface area (Å²) in [5.74, 6) is 1.79. The quantitative estimate of drug-likeness (QED) is 0.556. The molecule has 0 aromatic rings. The number of rotatable bonds is 3. The molecule has 0 nitrogen and oxygen atoms in total. The van der Waals surface area contributed by atoms with Gasteiger partial charge in [0, 0.05) is 1.43 Å². The average molecular weight is 147 g/mol. The second kappa shape index (κ2) is 9.00. The molecule has 0 saturated carbocycles. The maximum atomic E-state index is 2.33. The van der Waals surface area contributed by atoms with Gasteiger partial charge in [-0.3, -0.25) is 0 Å². The summed E-state index contributed by atoms with van der Waals surface area (Å²) in [6.45, 7) is 13.2. The summed E-state index contributed by atoms with van der Waals surface area (Å²) in [5.41, 5.74) is 0. The predicted octanol–water partition coefficient (Wildman–Crippen LogP) is 4.35. The summed E-state index contributed by atoms with van der Waals surface area (Å²) < 4.78 is 0. The minimum Gasteiger partial charge on any atom is -0.0683 e. The van der Waals surface area contributed by atoms with Crippen LogP contribution in [-0.2, 0) is 0 Å². The maximum Gasteiger partial charge on any atom is 0 e. The first kappa shape index (κ1) is 12.7. The van der Waals surface area contributed by atoms with Crippen molar-refractivity contribution >= 4 is 0 Å². The summed E-state index contributed by atoms with van der Waals surface area (Å²) in [4.78, 5) is 0. The Morgan fingerprint density at radius 3 is 1.60 bits per heavy atom. The van der Waals surface area contributed by atoms with Crippen LogP contribution < -0.4 is 0 Å². The van der Waals surface area contributed by atoms with E-state index in [1.54, 1.807) is 0 Å². The lowest BCUT2D eigenvalue weighted by molar-refractivity contribution is 0.389. The molecule has 0 aromatic carbocycles. The highest BCUT2D eigenvalue weighted by molar-refractivity contribution is 4.54. The Labute approximate surface area is 68.5 Å². The van der Waals surface area contributed by atoms with E-state index in [2.05, 4.69) is 27.7 Å². The summed E-state index contributed by atoms with van der Waals surface area (Å²) in [6.07, 6.45) is 2.72. The van der Waals surface area contributed by atoms with E-state index in [1.807, 2.05) is 13.8 Å². The van der Waals surface area contributed by atoms with Gasteiger partial charge in [0.1, 0.15) is 0 Å². The van der Waals surface area contributed by atoms with E-state index >= 15 is 0 Å². The van der Waals surface area contributed by atoms with Crippen LogP contribution in [0, 0.1) is 11.8 Å². The fraction of sp³-hybridized carbons (Fsp3) is 1.00. The molecule has 0 rings (SSSR count). The first-order valence-electron chi connectivity index (χ1n) is 4.68. The average Bonchev–Trinajstić information content (AvgIpc) is 1.93. The molecule has 10 heavy (non-hydrogen) atoms. The SMILES string of the molecule is CC.CCCC(C)C(C)C.[2HH]. The van der Waals surface area contributed by atoms with Crippen molar-refractivity contribution in [2.45, 2.75) is 54.4 Å². The number of hydrogen-bond acceptors (Lipinski definition) is 0. The highest BCUT2D eigenvalue weighted by atomic mass is 14.1. The molecule has 0 saturated heterocycles. The van der Waals surface area contributed by atoms with E-state index in [0.29, 0.717) is 0 Å². The predicted molar refractivity (Wildman–Crippen MR) is 52.4 cm³/mol. The van der Waals surface area contributed by atoms with Gasteiger partial charge >= 0.3 is 0 Å². The molecule has 1 unspecified atom stereocenters. The third kappa shape index (κ3) is 8.00. The van der Waals surface area contributed by atoms with Gasteiger partial charge in [-0.25, -0.2) is 0 Å². The van der Waals surface area contributed by atoms with E-state index in [1.165, 1.54) is 12.8 Å². The molecule has 0 N–H and O–H groups in total. The van der Waals surface area contributed by atoms with Gasteiger partial charge in [-0.2, -0.15) is 0 Å². The van der Waals surface area contributed by atoms with Crippen molar-refractivity contribution in [3.8, 4) is 0 Å². The van der Waals surface area contributed by atoms with Crippen molar-refractivity contribution in [1.82, 2.24) is 0 Å². The fourth-order valence-corrected chi connectivity index (χ4v) is 0.789. The first-order valence-corrected chi connectivity index (χ1v) is 4.68. The molecule has 0 heterocycles. The Morgan fingerprint density at radius 2 is 1.50 bits per heavy atom. The van der Waals surface area contributed by atoms with Crippen molar-refractivity contribution in [1.29, 1.82) is 0 Å². The molecule has 0 spiro atoms. The Morgan fingerprint density at radius 1 is 1.10 bits per heavy atom. The molecule has 0 radical (unpaired) electrons. The van der Waals surface area contributed by atoms with Gasteiger partial charge in [-0.05, 0) is 11.8 Å². The van der Waals surface area contributed by atoms with Crippen LogP contribution in [0.3, 0.4) is 0 Å². The molecule has 0 aliphatic rings. The monoisotopic (exact) mass is 147 g/mol. The number of hydrogen-bond donors (Lipinski definition) is 0. The lowest BCUT2D eigenvalue weighted by Gasteiger charge is -2.12. The summed E-state index contributed by atoms with van der Waals surface area (Å²) in [5, 5.41) is 0. The summed E-state index contributed by atoms with van der Waals surface area (Å²) in [7, 11) is 0. The molecular formula is C10H26. The Bertz CT molecular complexity index is 50.8. The Kier molecular flexibility index (Phi) is 11.4. The second-order valence-electron chi connectivity index (χ2n) is 3.01. The minimum atomic E-state index is 0.